The smallest absolute Gasteiger partial charge is 0.229 e. The average Bonchev–Trinajstić information content (AvgIpc) is 3.05. The van der Waals surface area contributed by atoms with E-state index in [1.807, 2.05) is 37.3 Å². The minimum Gasteiger partial charge on any atom is -0.507 e. The Hall–Kier alpha value is -3.34. The Labute approximate surface area is 157 Å². The second-order valence-electron chi connectivity index (χ2n) is 6.91. The molecule has 3 aromatic carbocycles. The van der Waals surface area contributed by atoms with E-state index in [0.717, 1.165) is 16.6 Å². The van der Waals surface area contributed by atoms with Crippen molar-refractivity contribution in [3.63, 3.8) is 0 Å². The molecule has 1 atom stereocenters. The zero-order valence-corrected chi connectivity index (χ0v) is 15.0. The Morgan fingerprint density at radius 3 is 2.52 bits per heavy atom. The highest BCUT2D eigenvalue weighted by atomic mass is 16.3. The fourth-order valence-electron chi connectivity index (χ4n) is 3.49. The van der Waals surface area contributed by atoms with Crippen molar-refractivity contribution < 1.29 is 14.7 Å². The quantitative estimate of drug-likeness (QED) is 0.745. The van der Waals surface area contributed by atoms with Gasteiger partial charge in [0.15, 0.2) is 0 Å². The lowest BCUT2D eigenvalue weighted by Crippen LogP contribution is -2.28. The largest absolute Gasteiger partial charge is 0.507 e. The molecule has 5 nitrogen and oxygen atoms in total. The number of aryl methyl sites for hydroxylation is 1. The molecule has 0 radical (unpaired) electrons. The van der Waals surface area contributed by atoms with Crippen molar-refractivity contribution in [1.29, 1.82) is 0 Å². The summed E-state index contributed by atoms with van der Waals surface area (Å²) in [5, 5.41) is 14.4. The SMILES string of the molecule is Cc1ccc(N2CC(C(=O)Nc3cccc4c(O)cccc34)CC2=O)cc1. The summed E-state index contributed by atoms with van der Waals surface area (Å²) >= 11 is 0. The number of amides is 2. The van der Waals surface area contributed by atoms with Crippen molar-refractivity contribution in [3.8, 4) is 5.75 Å². The number of nitrogens with one attached hydrogen (secondary N) is 1. The number of benzene rings is 3. The number of phenols is 1. The van der Waals surface area contributed by atoms with Crippen LogP contribution >= 0.6 is 0 Å². The van der Waals surface area contributed by atoms with Crippen LogP contribution in [0, 0.1) is 12.8 Å². The van der Waals surface area contributed by atoms with E-state index in [9.17, 15) is 14.7 Å². The van der Waals surface area contributed by atoms with Gasteiger partial charge in [-0.25, -0.2) is 0 Å². The highest BCUT2D eigenvalue weighted by Gasteiger charge is 2.35. The number of carbonyl (C=O) groups is 2. The maximum absolute atomic E-state index is 12.8. The molecule has 0 saturated carbocycles. The van der Waals surface area contributed by atoms with Crippen molar-refractivity contribution in [2.24, 2.45) is 5.92 Å². The summed E-state index contributed by atoms with van der Waals surface area (Å²) in [7, 11) is 0. The monoisotopic (exact) mass is 360 g/mol. The molecule has 3 aromatic rings. The Morgan fingerprint density at radius 2 is 1.74 bits per heavy atom. The zero-order chi connectivity index (χ0) is 19.0. The summed E-state index contributed by atoms with van der Waals surface area (Å²) in [4.78, 5) is 26.8. The lowest BCUT2D eigenvalue weighted by atomic mass is 10.1. The lowest BCUT2D eigenvalue weighted by Gasteiger charge is -2.17. The highest BCUT2D eigenvalue weighted by molar-refractivity contribution is 6.07. The van der Waals surface area contributed by atoms with Crippen LogP contribution < -0.4 is 10.2 Å². The molecule has 1 aliphatic rings. The number of anilines is 2. The molecular formula is C22H20N2O3. The molecule has 2 amide bonds. The predicted molar refractivity (Wildman–Crippen MR) is 106 cm³/mol. The molecular weight excluding hydrogens is 340 g/mol. The minimum absolute atomic E-state index is 0.0467. The van der Waals surface area contributed by atoms with E-state index in [2.05, 4.69) is 5.32 Å². The Morgan fingerprint density at radius 1 is 1.04 bits per heavy atom. The zero-order valence-electron chi connectivity index (χ0n) is 15.0. The number of aromatic hydroxyl groups is 1. The molecule has 0 bridgehead atoms. The van der Waals surface area contributed by atoms with Crippen molar-refractivity contribution in [3.05, 3.63) is 66.2 Å². The van der Waals surface area contributed by atoms with Gasteiger partial charge < -0.3 is 15.3 Å². The van der Waals surface area contributed by atoms with Crippen molar-refractivity contribution in [2.45, 2.75) is 13.3 Å². The van der Waals surface area contributed by atoms with Gasteiger partial charge in [-0.15, -0.1) is 0 Å². The first-order valence-electron chi connectivity index (χ1n) is 8.91. The van der Waals surface area contributed by atoms with Crippen LogP contribution in [0.5, 0.6) is 5.75 Å². The average molecular weight is 360 g/mol. The number of hydrogen-bond acceptors (Lipinski definition) is 3. The standard InChI is InChI=1S/C22H20N2O3/c1-14-8-10-16(11-9-14)24-13-15(12-21(24)26)22(27)23-19-6-2-5-18-17(19)4-3-7-20(18)25/h2-11,15,25H,12-13H2,1H3,(H,23,27). The first-order valence-corrected chi connectivity index (χ1v) is 8.91. The topological polar surface area (TPSA) is 69.6 Å². The van der Waals surface area contributed by atoms with Gasteiger partial charge in [0, 0.05) is 35.1 Å². The molecule has 4 rings (SSSR count). The van der Waals surface area contributed by atoms with Crippen LogP contribution in [-0.2, 0) is 9.59 Å². The number of nitrogens with zero attached hydrogens (tertiary/aromatic N) is 1. The second-order valence-corrected chi connectivity index (χ2v) is 6.91. The molecule has 5 heteroatoms. The van der Waals surface area contributed by atoms with Gasteiger partial charge in [0.2, 0.25) is 11.8 Å². The Bertz CT molecular complexity index is 1030. The summed E-state index contributed by atoms with van der Waals surface area (Å²) < 4.78 is 0. The molecule has 1 fully saturated rings. The molecule has 136 valence electrons. The lowest BCUT2D eigenvalue weighted by molar-refractivity contribution is -0.122. The Balaban J connectivity index is 1.54. The summed E-state index contributed by atoms with van der Waals surface area (Å²) in [6, 6.07) is 18.3. The molecule has 1 aliphatic heterocycles. The van der Waals surface area contributed by atoms with Crippen LogP contribution in [0.15, 0.2) is 60.7 Å². The van der Waals surface area contributed by atoms with Gasteiger partial charge in [-0.2, -0.15) is 0 Å². The number of phenolic OH excluding ortho intramolecular Hbond substituents is 1. The predicted octanol–water partition coefficient (Wildman–Crippen LogP) is 3.85. The number of carbonyl (C=O) groups excluding carboxylic acids is 2. The van der Waals surface area contributed by atoms with Crippen LogP contribution in [0.2, 0.25) is 0 Å². The third-order valence-corrected chi connectivity index (χ3v) is 5.00. The van der Waals surface area contributed by atoms with Crippen LogP contribution in [0.4, 0.5) is 11.4 Å². The van der Waals surface area contributed by atoms with E-state index in [0.29, 0.717) is 17.6 Å². The number of rotatable bonds is 3. The van der Waals surface area contributed by atoms with E-state index in [-0.39, 0.29) is 24.0 Å². The van der Waals surface area contributed by atoms with Crippen LogP contribution in [0.25, 0.3) is 10.8 Å². The van der Waals surface area contributed by atoms with Crippen molar-refractivity contribution >= 4 is 34.0 Å². The van der Waals surface area contributed by atoms with Crippen molar-refractivity contribution in [2.75, 3.05) is 16.8 Å². The first-order chi connectivity index (χ1) is 13.0. The molecule has 0 aliphatic carbocycles. The van der Waals surface area contributed by atoms with Gasteiger partial charge >= 0.3 is 0 Å². The number of hydrogen-bond donors (Lipinski definition) is 2. The van der Waals surface area contributed by atoms with E-state index >= 15 is 0 Å². The normalized spacial score (nSPS) is 16.7. The molecule has 1 unspecified atom stereocenters. The maximum Gasteiger partial charge on any atom is 0.229 e. The Kier molecular flexibility index (Phi) is 4.28. The molecule has 1 saturated heterocycles. The number of fused-ring (bicyclic) bond motifs is 1. The molecule has 2 N–H and O–H groups in total. The summed E-state index contributed by atoms with van der Waals surface area (Å²) in [6.07, 6.45) is 0.190. The minimum atomic E-state index is -0.411. The highest BCUT2D eigenvalue weighted by Crippen LogP contribution is 2.31. The fraction of sp³-hybridized carbons (Fsp3) is 0.182. The van der Waals surface area contributed by atoms with Gasteiger partial charge in [0.05, 0.1) is 5.92 Å². The van der Waals surface area contributed by atoms with Gasteiger partial charge in [-0.1, -0.05) is 42.0 Å². The van der Waals surface area contributed by atoms with Gasteiger partial charge in [-0.05, 0) is 31.2 Å². The van der Waals surface area contributed by atoms with E-state index in [1.165, 1.54) is 0 Å². The third-order valence-electron chi connectivity index (χ3n) is 5.00. The van der Waals surface area contributed by atoms with Crippen LogP contribution in [0.3, 0.4) is 0 Å². The van der Waals surface area contributed by atoms with Crippen LogP contribution in [0.1, 0.15) is 12.0 Å². The molecule has 1 heterocycles. The third kappa shape index (κ3) is 3.24. The van der Waals surface area contributed by atoms with Crippen LogP contribution in [-0.4, -0.2) is 23.5 Å². The van der Waals surface area contributed by atoms with E-state index in [1.54, 1.807) is 35.2 Å². The summed E-state index contributed by atoms with van der Waals surface area (Å²) in [5.74, 6) is -0.472. The van der Waals surface area contributed by atoms with Gasteiger partial charge in [0.1, 0.15) is 5.75 Å². The first kappa shape index (κ1) is 17.1. The van der Waals surface area contributed by atoms with Gasteiger partial charge in [-0.3, -0.25) is 9.59 Å². The molecule has 0 spiro atoms. The van der Waals surface area contributed by atoms with E-state index < -0.39 is 5.92 Å². The molecule has 0 aromatic heterocycles. The summed E-state index contributed by atoms with van der Waals surface area (Å²) in [6.45, 7) is 2.36. The maximum atomic E-state index is 12.8. The molecule has 27 heavy (non-hydrogen) atoms. The second kappa shape index (κ2) is 6.76. The fourth-order valence-corrected chi connectivity index (χ4v) is 3.49. The summed E-state index contributed by atoms with van der Waals surface area (Å²) in [5.41, 5.74) is 2.57. The van der Waals surface area contributed by atoms with Crippen molar-refractivity contribution in [1.82, 2.24) is 0 Å². The van der Waals surface area contributed by atoms with E-state index in [4.69, 9.17) is 0 Å². The van der Waals surface area contributed by atoms with Gasteiger partial charge in [0.25, 0.3) is 0 Å².